The monoisotopic (exact) mass is 486 g/mol. The number of aromatic hydroxyl groups is 1. The van der Waals surface area contributed by atoms with E-state index >= 15 is 0 Å². The zero-order valence-electron chi connectivity index (χ0n) is 20.7. The van der Waals surface area contributed by atoms with Crippen LogP contribution in [0.15, 0.2) is 71.5 Å². The first-order valence-corrected chi connectivity index (χ1v) is 11.9. The van der Waals surface area contributed by atoms with Crippen LogP contribution in [0.5, 0.6) is 11.5 Å². The molecule has 1 amide bonds. The Morgan fingerprint density at radius 2 is 1.83 bits per heavy atom. The second-order valence-electron chi connectivity index (χ2n) is 8.69. The number of para-hydroxylation sites is 1. The first-order chi connectivity index (χ1) is 17.4. The minimum Gasteiger partial charge on any atom is -0.507 e. The maximum atomic E-state index is 13.5. The molecule has 0 atom stereocenters. The lowest BCUT2D eigenvalue weighted by molar-refractivity contribution is 0.0788. The predicted molar refractivity (Wildman–Crippen MR) is 139 cm³/mol. The van der Waals surface area contributed by atoms with E-state index in [4.69, 9.17) is 4.74 Å². The van der Waals surface area contributed by atoms with Crippen molar-refractivity contribution in [2.24, 2.45) is 0 Å². The van der Waals surface area contributed by atoms with E-state index < -0.39 is 5.69 Å². The van der Waals surface area contributed by atoms with Crippen LogP contribution in [-0.4, -0.2) is 44.3 Å². The van der Waals surface area contributed by atoms with E-state index in [9.17, 15) is 14.7 Å². The Kier molecular flexibility index (Phi) is 7.53. The maximum absolute atomic E-state index is 13.5. The van der Waals surface area contributed by atoms with E-state index in [-0.39, 0.29) is 41.0 Å². The van der Waals surface area contributed by atoms with Gasteiger partial charge < -0.3 is 14.7 Å². The number of nitrogens with one attached hydrogen (secondary N) is 1. The van der Waals surface area contributed by atoms with E-state index in [2.05, 4.69) is 17.1 Å². The molecule has 0 fully saturated rings. The summed E-state index contributed by atoms with van der Waals surface area (Å²) < 4.78 is 7.40. The van der Waals surface area contributed by atoms with Gasteiger partial charge in [0.05, 0.1) is 16.8 Å². The summed E-state index contributed by atoms with van der Waals surface area (Å²) in [5.74, 6) is 0.0631. The fraction of sp³-hybridized carbons (Fsp3) is 0.250. The molecule has 1 aromatic heterocycles. The van der Waals surface area contributed by atoms with Crippen LogP contribution in [0.25, 0.3) is 17.1 Å². The number of H-pyrrole nitrogens is 1. The van der Waals surface area contributed by atoms with Gasteiger partial charge in [-0.2, -0.15) is 5.10 Å². The van der Waals surface area contributed by atoms with Gasteiger partial charge in [-0.25, -0.2) is 14.5 Å². The summed E-state index contributed by atoms with van der Waals surface area (Å²) in [5, 5.41) is 17.7. The number of ether oxygens (including phenoxy) is 1. The fourth-order valence-corrected chi connectivity index (χ4v) is 3.99. The SMILES string of the molecule is CCCCN(C)C(=O)c1cc(-c2n[nH]c(=O)n2-c2ccccc2C)c(O)cc1OCc1ccccc1. The zero-order valence-corrected chi connectivity index (χ0v) is 20.7. The third-order valence-electron chi connectivity index (χ3n) is 6.03. The predicted octanol–water partition coefficient (Wildman–Crippen LogP) is 4.69. The van der Waals surface area contributed by atoms with Crippen LogP contribution in [0.4, 0.5) is 0 Å². The number of aromatic nitrogens is 3. The van der Waals surface area contributed by atoms with Crippen LogP contribution in [0.3, 0.4) is 0 Å². The number of aromatic amines is 1. The van der Waals surface area contributed by atoms with Crippen molar-refractivity contribution in [1.29, 1.82) is 0 Å². The first kappa shape index (κ1) is 24.8. The van der Waals surface area contributed by atoms with Gasteiger partial charge in [0, 0.05) is 19.7 Å². The van der Waals surface area contributed by atoms with Crippen molar-refractivity contribution in [3.05, 3.63) is 93.9 Å². The quantitative estimate of drug-likeness (QED) is 0.357. The lowest BCUT2D eigenvalue weighted by Gasteiger charge is -2.20. The van der Waals surface area contributed by atoms with Gasteiger partial charge in [0.25, 0.3) is 5.91 Å². The second kappa shape index (κ2) is 10.9. The summed E-state index contributed by atoms with van der Waals surface area (Å²) in [5.41, 5.74) is 2.50. The molecule has 0 saturated carbocycles. The number of carbonyl (C=O) groups is 1. The molecule has 0 aliphatic heterocycles. The molecule has 0 bridgehead atoms. The molecule has 186 valence electrons. The van der Waals surface area contributed by atoms with E-state index in [1.807, 2.05) is 55.5 Å². The molecule has 4 aromatic rings. The summed E-state index contributed by atoms with van der Waals surface area (Å²) in [4.78, 5) is 27.8. The van der Waals surface area contributed by atoms with E-state index in [0.717, 1.165) is 24.0 Å². The summed E-state index contributed by atoms with van der Waals surface area (Å²) in [7, 11) is 1.74. The van der Waals surface area contributed by atoms with Crippen molar-refractivity contribution in [3.63, 3.8) is 0 Å². The highest BCUT2D eigenvalue weighted by atomic mass is 16.5. The molecule has 4 rings (SSSR count). The van der Waals surface area contributed by atoms with Crippen molar-refractivity contribution in [2.45, 2.75) is 33.3 Å². The number of aryl methyl sites for hydroxylation is 1. The second-order valence-corrected chi connectivity index (χ2v) is 8.69. The molecular weight excluding hydrogens is 456 g/mol. The van der Waals surface area contributed by atoms with Crippen molar-refractivity contribution in [1.82, 2.24) is 19.7 Å². The molecule has 0 saturated heterocycles. The summed E-state index contributed by atoms with van der Waals surface area (Å²) in [6.07, 6.45) is 1.81. The molecular formula is C28H30N4O4. The topological polar surface area (TPSA) is 100 Å². The van der Waals surface area contributed by atoms with Crippen LogP contribution in [0.2, 0.25) is 0 Å². The Bertz CT molecular complexity index is 1410. The van der Waals surface area contributed by atoms with E-state index in [0.29, 0.717) is 12.2 Å². The van der Waals surface area contributed by atoms with Crippen molar-refractivity contribution in [2.75, 3.05) is 13.6 Å². The largest absolute Gasteiger partial charge is 0.507 e. The van der Waals surface area contributed by atoms with Crippen molar-refractivity contribution >= 4 is 5.91 Å². The Morgan fingerprint density at radius 3 is 2.56 bits per heavy atom. The van der Waals surface area contributed by atoms with Crippen molar-refractivity contribution < 1.29 is 14.6 Å². The number of carbonyl (C=O) groups excluding carboxylic acids is 1. The highest BCUT2D eigenvalue weighted by Crippen LogP contribution is 2.36. The molecule has 8 nitrogen and oxygen atoms in total. The number of nitrogens with zero attached hydrogens (tertiary/aromatic N) is 3. The number of unbranched alkanes of at least 4 members (excludes halogenated alkanes) is 1. The zero-order chi connectivity index (χ0) is 25.7. The van der Waals surface area contributed by atoms with E-state index in [1.165, 1.54) is 10.6 Å². The first-order valence-electron chi connectivity index (χ1n) is 11.9. The number of hydrogen-bond donors (Lipinski definition) is 2. The van der Waals surface area contributed by atoms with Gasteiger partial charge in [0.2, 0.25) is 0 Å². The average Bonchev–Trinajstić information content (AvgIpc) is 3.27. The van der Waals surface area contributed by atoms with Crippen molar-refractivity contribution in [3.8, 4) is 28.6 Å². The summed E-state index contributed by atoms with van der Waals surface area (Å²) in [6, 6.07) is 19.9. The number of benzene rings is 3. The van der Waals surface area contributed by atoms with Gasteiger partial charge in [-0.1, -0.05) is 61.9 Å². The van der Waals surface area contributed by atoms with Gasteiger partial charge in [0.1, 0.15) is 18.1 Å². The third-order valence-corrected chi connectivity index (χ3v) is 6.03. The standard InChI is InChI=1S/C28H30N4O4/c1-4-5-15-31(3)27(34)22-16-21(24(33)17-25(22)36-18-20-12-7-6-8-13-20)26-29-30-28(35)32(26)23-14-10-9-11-19(23)2/h6-14,16-17,33H,4-5,15,18H2,1-3H3,(H,30,35). The van der Waals surface area contributed by atoms with Gasteiger partial charge in [0.15, 0.2) is 5.82 Å². The van der Waals surface area contributed by atoms with Gasteiger partial charge in [-0.15, -0.1) is 0 Å². The number of rotatable bonds is 9. The number of amides is 1. The van der Waals surface area contributed by atoms with Gasteiger partial charge in [-0.3, -0.25) is 4.79 Å². The van der Waals surface area contributed by atoms with Crippen LogP contribution in [0, 0.1) is 6.92 Å². The molecule has 3 aromatic carbocycles. The number of hydrogen-bond acceptors (Lipinski definition) is 5. The number of phenolic OH excluding ortho intramolecular Hbond substituents is 1. The highest BCUT2D eigenvalue weighted by molar-refractivity contribution is 5.98. The van der Waals surface area contributed by atoms with Crippen LogP contribution in [-0.2, 0) is 6.61 Å². The lowest BCUT2D eigenvalue weighted by Crippen LogP contribution is -2.28. The Balaban J connectivity index is 1.81. The lowest BCUT2D eigenvalue weighted by atomic mass is 10.1. The van der Waals surface area contributed by atoms with E-state index in [1.54, 1.807) is 24.1 Å². The average molecular weight is 487 g/mol. The molecule has 0 radical (unpaired) electrons. The normalized spacial score (nSPS) is 10.9. The Labute approximate surface area is 209 Å². The summed E-state index contributed by atoms with van der Waals surface area (Å²) in [6.45, 7) is 4.76. The molecule has 1 heterocycles. The van der Waals surface area contributed by atoms with Crippen LogP contribution < -0.4 is 10.4 Å². The molecule has 2 N–H and O–H groups in total. The fourth-order valence-electron chi connectivity index (χ4n) is 3.99. The summed E-state index contributed by atoms with van der Waals surface area (Å²) >= 11 is 0. The smallest absolute Gasteiger partial charge is 0.348 e. The minimum absolute atomic E-state index is 0.153. The molecule has 8 heteroatoms. The molecule has 0 unspecified atom stereocenters. The van der Waals surface area contributed by atoms with Crippen LogP contribution in [0.1, 0.15) is 41.3 Å². The Hall–Kier alpha value is -4.33. The maximum Gasteiger partial charge on any atom is 0.348 e. The highest BCUT2D eigenvalue weighted by Gasteiger charge is 2.24. The third kappa shape index (κ3) is 5.17. The molecule has 0 aliphatic carbocycles. The molecule has 0 spiro atoms. The van der Waals surface area contributed by atoms with Gasteiger partial charge in [-0.05, 0) is 36.6 Å². The number of phenols is 1. The molecule has 0 aliphatic rings. The van der Waals surface area contributed by atoms with Gasteiger partial charge >= 0.3 is 5.69 Å². The minimum atomic E-state index is -0.448. The van der Waals surface area contributed by atoms with Crippen LogP contribution >= 0.6 is 0 Å². The Morgan fingerprint density at radius 1 is 1.11 bits per heavy atom. The molecule has 36 heavy (non-hydrogen) atoms.